The molecule has 244 valence electrons. The Balaban J connectivity index is 1.18. The summed E-state index contributed by atoms with van der Waals surface area (Å²) in [5, 5.41) is 9.42. The van der Waals surface area contributed by atoms with Gasteiger partial charge in [0.25, 0.3) is 5.79 Å². The lowest BCUT2D eigenvalue weighted by Gasteiger charge is -2.68. The number of benzene rings is 2. The third kappa shape index (κ3) is 4.97. The van der Waals surface area contributed by atoms with E-state index in [-0.39, 0.29) is 6.61 Å². The van der Waals surface area contributed by atoms with Gasteiger partial charge in [0.2, 0.25) is 0 Å². The Morgan fingerprint density at radius 2 is 1.57 bits per heavy atom. The van der Waals surface area contributed by atoms with Crippen LogP contribution in [0.15, 0.2) is 54.6 Å². The zero-order valence-corrected chi connectivity index (χ0v) is 27.8. The zero-order chi connectivity index (χ0) is 32.5. The molecule has 0 radical (unpaired) electrons. The maximum absolute atomic E-state index is 11.0. The van der Waals surface area contributed by atoms with Gasteiger partial charge in [-0.05, 0) is 94.5 Å². The molecule has 46 heavy (non-hydrogen) atoms. The Labute approximate surface area is 276 Å². The second-order valence-corrected chi connectivity index (χ2v) is 15.0. The Morgan fingerprint density at radius 3 is 2.11 bits per heavy atom. The van der Waals surface area contributed by atoms with Crippen LogP contribution in [0.3, 0.4) is 0 Å². The van der Waals surface area contributed by atoms with Gasteiger partial charge < -0.3 is 23.9 Å². The molecule has 10 heteroatoms. The molecule has 1 spiro atoms. The summed E-state index contributed by atoms with van der Waals surface area (Å²) in [5.41, 5.74) is 1.80. The van der Waals surface area contributed by atoms with E-state index in [1.165, 1.54) is 12.5 Å². The summed E-state index contributed by atoms with van der Waals surface area (Å²) in [6.45, 7) is 8.40. The average Bonchev–Trinajstić information content (AvgIpc) is 3.21. The summed E-state index contributed by atoms with van der Waals surface area (Å²) in [6.07, 6.45) is 11.7. The van der Waals surface area contributed by atoms with Gasteiger partial charge in [-0.25, -0.2) is 9.68 Å². The Hall–Kier alpha value is -2.66. The highest BCUT2D eigenvalue weighted by Crippen LogP contribution is 2.70. The fraction of sp³-hybridized carbons (Fsp3) is 0.528. The number of halogens is 1. The van der Waals surface area contributed by atoms with E-state index in [4.69, 9.17) is 45.3 Å². The zero-order valence-electron chi connectivity index (χ0n) is 27.1. The van der Waals surface area contributed by atoms with E-state index in [2.05, 4.69) is 0 Å². The van der Waals surface area contributed by atoms with Crippen LogP contribution in [0, 0.1) is 23.7 Å². The van der Waals surface area contributed by atoms with E-state index in [0.29, 0.717) is 33.7 Å². The van der Waals surface area contributed by atoms with Crippen LogP contribution >= 0.6 is 11.6 Å². The number of hydrogen-bond donors (Lipinski definition) is 1. The van der Waals surface area contributed by atoms with E-state index < -0.39 is 35.7 Å². The predicted molar refractivity (Wildman–Crippen MR) is 174 cm³/mol. The maximum atomic E-state index is 11.0. The van der Waals surface area contributed by atoms with Gasteiger partial charge in [0.15, 0.2) is 5.60 Å². The van der Waals surface area contributed by atoms with Crippen molar-refractivity contribution in [2.75, 3.05) is 7.11 Å². The number of carboxylic acid groups (broad SMARTS) is 1. The van der Waals surface area contributed by atoms with Crippen molar-refractivity contribution >= 4 is 36.2 Å². The van der Waals surface area contributed by atoms with Crippen LogP contribution in [0.4, 0.5) is 0 Å². The molecule has 2 aromatic carbocycles. The molecule has 1 unspecified atom stereocenters. The number of hydrogen-bond acceptors (Lipinski definition) is 7. The fourth-order valence-corrected chi connectivity index (χ4v) is 8.99. The van der Waals surface area contributed by atoms with E-state index in [9.17, 15) is 4.79 Å². The van der Waals surface area contributed by atoms with Crippen LogP contribution in [0.5, 0.6) is 5.75 Å². The number of allylic oxidation sites excluding steroid dienone is 2. The third-order valence-corrected chi connectivity index (χ3v) is 11.8. The molecule has 0 aromatic heterocycles. The van der Waals surface area contributed by atoms with E-state index in [1.54, 1.807) is 19.3 Å². The molecule has 6 fully saturated rings. The lowest BCUT2D eigenvalue weighted by molar-refractivity contribution is -0.645. The first-order valence-electron chi connectivity index (χ1n) is 16.3. The Bertz CT molecular complexity index is 1520. The van der Waals surface area contributed by atoms with E-state index >= 15 is 0 Å². The smallest absolute Gasteiger partial charge is 0.487 e. The molecule has 4 bridgehead atoms. The van der Waals surface area contributed by atoms with E-state index in [0.717, 1.165) is 54.6 Å². The van der Waals surface area contributed by atoms with Crippen molar-refractivity contribution in [1.82, 2.24) is 0 Å². The second-order valence-electron chi connectivity index (χ2n) is 14.6. The first-order valence-corrected chi connectivity index (χ1v) is 16.7. The van der Waals surface area contributed by atoms with Crippen molar-refractivity contribution in [3.8, 4) is 5.75 Å². The number of ether oxygens (including phenoxy) is 2. The second kappa shape index (κ2) is 11.5. The summed E-state index contributed by atoms with van der Waals surface area (Å²) < 4.78 is 25.2. The van der Waals surface area contributed by atoms with Crippen LogP contribution in [0.25, 0.3) is 6.08 Å². The van der Waals surface area contributed by atoms with Crippen LogP contribution in [0.2, 0.25) is 5.02 Å². The van der Waals surface area contributed by atoms with Gasteiger partial charge >= 0.3 is 13.1 Å². The lowest BCUT2D eigenvalue weighted by Crippen LogP contribution is -2.76. The normalized spacial score (nSPS) is 33.7. The molecule has 6 aliphatic rings. The van der Waals surface area contributed by atoms with Crippen molar-refractivity contribution in [1.29, 1.82) is 0 Å². The maximum Gasteiger partial charge on any atom is 0.494 e. The van der Waals surface area contributed by atoms with Crippen molar-refractivity contribution < 1.29 is 38.5 Å². The summed E-state index contributed by atoms with van der Waals surface area (Å²) in [7, 11) is 1.22. The topological polar surface area (TPSA) is 92.7 Å². The molecule has 2 aliphatic heterocycles. The third-order valence-electron chi connectivity index (χ3n) is 11.4. The molecule has 4 saturated carbocycles. The van der Waals surface area contributed by atoms with Crippen molar-refractivity contribution in [2.24, 2.45) is 23.7 Å². The van der Waals surface area contributed by atoms with Crippen LogP contribution in [0.1, 0.15) is 76.5 Å². The van der Waals surface area contributed by atoms with E-state index in [1.807, 2.05) is 64.1 Å². The molecular weight excluding hydrogens is 607 g/mol. The molecule has 2 saturated heterocycles. The summed E-state index contributed by atoms with van der Waals surface area (Å²) in [6, 6.07) is 11.8. The van der Waals surface area contributed by atoms with Gasteiger partial charge in [0, 0.05) is 24.3 Å². The largest absolute Gasteiger partial charge is 0.494 e. The van der Waals surface area contributed by atoms with Crippen molar-refractivity contribution in [3.05, 3.63) is 76.3 Å². The molecule has 4 aliphatic carbocycles. The van der Waals surface area contributed by atoms with Gasteiger partial charge in [0.1, 0.15) is 12.4 Å². The first-order chi connectivity index (χ1) is 21.9. The van der Waals surface area contributed by atoms with Crippen LogP contribution < -0.4 is 10.2 Å². The van der Waals surface area contributed by atoms with Gasteiger partial charge in [-0.3, -0.25) is 0 Å². The molecule has 8 nitrogen and oxygen atoms in total. The number of carbonyl (C=O) groups is 1. The van der Waals surface area contributed by atoms with Gasteiger partial charge in [-0.1, -0.05) is 66.2 Å². The Kier molecular flexibility index (Phi) is 7.98. The molecule has 2 heterocycles. The summed E-state index contributed by atoms with van der Waals surface area (Å²) in [5.74, 6) is 0.430. The predicted octanol–water partition coefficient (Wildman–Crippen LogP) is 6.83. The fourth-order valence-electron chi connectivity index (χ4n) is 8.64. The molecule has 1 N–H and O–H groups in total. The number of aliphatic carboxylic acids is 1. The highest BCUT2D eigenvalue weighted by Gasteiger charge is 2.77. The minimum atomic E-state index is -1.15. The molecule has 2 aromatic rings. The molecule has 1 atom stereocenters. The first kappa shape index (κ1) is 31.9. The minimum Gasteiger partial charge on any atom is -0.487 e. The number of methoxy groups -OCH3 is 1. The molecule has 8 rings (SSSR count). The lowest BCUT2D eigenvalue weighted by atomic mass is 9.47. The summed E-state index contributed by atoms with van der Waals surface area (Å²) >= 11 is 7.26. The number of rotatable bonds is 9. The van der Waals surface area contributed by atoms with Gasteiger partial charge in [0.05, 0.1) is 16.2 Å². The highest BCUT2D eigenvalue weighted by molar-refractivity contribution is 6.62. The van der Waals surface area contributed by atoms with Crippen molar-refractivity contribution in [2.45, 2.75) is 89.0 Å². The highest BCUT2D eigenvalue weighted by atomic mass is 35.5. The van der Waals surface area contributed by atoms with Crippen LogP contribution in [-0.4, -0.2) is 42.1 Å². The van der Waals surface area contributed by atoms with Gasteiger partial charge in [-0.2, -0.15) is 4.89 Å². The average molecular weight is 649 g/mol. The standard InChI is InChI=1S/C36H42BClO8/c1-33(2)34(3,4)44-37(43-33)28-13-10-22(11-14-28)21-42-32-25(8-6-7-9-30(39)40)12-15-29(31(32)38)36(41-5)35(45-46-36)26-17-23-16-24(19-26)20-27(35)18-23/h6-15,23-24,26-27H,16-21H2,1-5H3,(H,39,40)/b8-6+,9-7+. The Morgan fingerprint density at radius 1 is 0.935 bits per heavy atom. The van der Waals surface area contributed by atoms with Gasteiger partial charge in [-0.15, -0.1) is 0 Å². The summed E-state index contributed by atoms with van der Waals surface area (Å²) in [4.78, 5) is 23.2. The monoisotopic (exact) mass is 648 g/mol. The van der Waals surface area contributed by atoms with Crippen LogP contribution in [-0.2, 0) is 41.0 Å². The molecule has 0 amide bonds. The van der Waals surface area contributed by atoms with Crippen molar-refractivity contribution in [3.63, 3.8) is 0 Å². The number of carboxylic acids is 1. The minimum absolute atomic E-state index is 0.246. The molecular formula is C36H42BClO8. The SMILES string of the molecule is COC1(c2ccc(/C=C/C=C/C(=O)O)c(OCc3ccc(B4OC(C)(C)C(C)(C)O4)cc3)c2Cl)OOC12C1CC3CC(C1)CC2C3. The quantitative estimate of drug-likeness (QED) is 0.137.